The number of halogens is 1. The minimum Gasteiger partial charge on any atom is -0.497 e. The predicted octanol–water partition coefficient (Wildman–Crippen LogP) is 3.18. The van der Waals surface area contributed by atoms with Crippen LogP contribution >= 0.6 is 24.0 Å². The van der Waals surface area contributed by atoms with Crippen molar-refractivity contribution in [2.45, 2.75) is 39.5 Å². The third-order valence-electron chi connectivity index (χ3n) is 3.68. The summed E-state index contributed by atoms with van der Waals surface area (Å²) in [5.74, 6) is 1.45. The van der Waals surface area contributed by atoms with E-state index in [1.165, 1.54) is 19.3 Å². The monoisotopic (exact) mass is 476 g/mol. The van der Waals surface area contributed by atoms with Crippen LogP contribution in [0.15, 0.2) is 29.3 Å². The Morgan fingerprint density at radius 2 is 1.69 bits per heavy atom. The number of rotatable bonds is 11. The molecule has 0 aliphatic rings. The fourth-order valence-electron chi connectivity index (χ4n) is 2.27. The van der Waals surface area contributed by atoms with Crippen LogP contribution in [0.1, 0.15) is 49.9 Å². The van der Waals surface area contributed by atoms with Crippen molar-refractivity contribution in [1.29, 1.82) is 0 Å². The van der Waals surface area contributed by atoms with Crippen LogP contribution in [-0.4, -0.2) is 45.2 Å². The van der Waals surface area contributed by atoms with Gasteiger partial charge in [-0.1, -0.05) is 26.2 Å². The number of hydrogen-bond acceptors (Lipinski definition) is 3. The zero-order valence-corrected chi connectivity index (χ0v) is 18.5. The Hall–Kier alpha value is -1.51. The summed E-state index contributed by atoms with van der Waals surface area (Å²) < 4.78 is 5.09. The van der Waals surface area contributed by atoms with E-state index in [0.717, 1.165) is 31.2 Å². The first-order valence-electron chi connectivity index (χ1n) is 9.15. The number of carbonyl (C=O) groups excluding carboxylic acids is 1. The van der Waals surface area contributed by atoms with Crippen LogP contribution in [0.4, 0.5) is 0 Å². The molecular formula is C19H33IN4O2. The van der Waals surface area contributed by atoms with Gasteiger partial charge in [0.25, 0.3) is 5.91 Å². The van der Waals surface area contributed by atoms with Crippen LogP contribution in [0, 0.1) is 0 Å². The lowest BCUT2D eigenvalue weighted by atomic mass is 10.2. The molecule has 148 valence electrons. The Morgan fingerprint density at radius 1 is 1.00 bits per heavy atom. The molecule has 0 saturated heterocycles. The number of unbranched alkanes of at least 4 members (excludes halogenated alkanes) is 3. The minimum atomic E-state index is -0.0917. The van der Waals surface area contributed by atoms with Crippen molar-refractivity contribution >= 4 is 35.8 Å². The number of nitrogens with one attached hydrogen (secondary N) is 3. The summed E-state index contributed by atoms with van der Waals surface area (Å²) >= 11 is 0. The van der Waals surface area contributed by atoms with Gasteiger partial charge in [-0.05, 0) is 37.6 Å². The molecule has 1 aromatic carbocycles. The quantitative estimate of drug-likeness (QED) is 0.199. The Bertz CT molecular complexity index is 521. The molecule has 1 amide bonds. The van der Waals surface area contributed by atoms with E-state index < -0.39 is 0 Å². The van der Waals surface area contributed by atoms with Crippen LogP contribution in [0.2, 0.25) is 0 Å². The van der Waals surface area contributed by atoms with E-state index in [0.29, 0.717) is 18.7 Å². The number of benzene rings is 1. The molecule has 1 aromatic rings. The van der Waals surface area contributed by atoms with Gasteiger partial charge in [-0.25, -0.2) is 0 Å². The van der Waals surface area contributed by atoms with E-state index in [1.807, 2.05) is 6.92 Å². The summed E-state index contributed by atoms with van der Waals surface area (Å²) in [7, 11) is 1.61. The third-order valence-corrected chi connectivity index (χ3v) is 3.68. The molecule has 0 radical (unpaired) electrons. The summed E-state index contributed by atoms with van der Waals surface area (Å²) in [5.41, 5.74) is 0.622. The maximum atomic E-state index is 12.1. The highest BCUT2D eigenvalue weighted by Crippen LogP contribution is 2.10. The van der Waals surface area contributed by atoms with Crippen LogP contribution in [0.3, 0.4) is 0 Å². The lowest BCUT2D eigenvalue weighted by Gasteiger charge is -2.12. The lowest BCUT2D eigenvalue weighted by Crippen LogP contribution is -2.41. The Morgan fingerprint density at radius 3 is 2.31 bits per heavy atom. The van der Waals surface area contributed by atoms with Crippen LogP contribution in [0.25, 0.3) is 0 Å². The molecular weight excluding hydrogens is 443 g/mol. The minimum absolute atomic E-state index is 0. The summed E-state index contributed by atoms with van der Waals surface area (Å²) in [6.45, 7) is 7.05. The van der Waals surface area contributed by atoms with Crippen molar-refractivity contribution in [2.75, 3.05) is 33.3 Å². The highest BCUT2D eigenvalue weighted by atomic mass is 127. The molecule has 6 nitrogen and oxygen atoms in total. The van der Waals surface area contributed by atoms with Gasteiger partial charge in [0.1, 0.15) is 5.75 Å². The van der Waals surface area contributed by atoms with Crippen LogP contribution in [-0.2, 0) is 0 Å². The SMILES string of the molecule is CCCCCCN=C(NCC)NCCNC(=O)c1ccc(OC)cc1.I. The fourth-order valence-corrected chi connectivity index (χ4v) is 2.27. The number of methoxy groups -OCH3 is 1. The Kier molecular flexibility index (Phi) is 14.8. The van der Waals surface area contributed by atoms with Gasteiger partial charge in [-0.2, -0.15) is 0 Å². The van der Waals surface area contributed by atoms with Crippen molar-refractivity contribution in [1.82, 2.24) is 16.0 Å². The van der Waals surface area contributed by atoms with Crippen LogP contribution in [0.5, 0.6) is 5.75 Å². The second-order valence-electron chi connectivity index (χ2n) is 5.73. The molecule has 0 spiro atoms. The normalized spacial score (nSPS) is 10.7. The molecule has 0 bridgehead atoms. The maximum Gasteiger partial charge on any atom is 0.251 e. The highest BCUT2D eigenvalue weighted by molar-refractivity contribution is 14.0. The number of guanidine groups is 1. The number of aliphatic imine (C=N–C) groups is 1. The molecule has 0 fully saturated rings. The number of nitrogens with zero attached hydrogens (tertiary/aromatic N) is 1. The highest BCUT2D eigenvalue weighted by Gasteiger charge is 2.05. The summed E-state index contributed by atoms with van der Waals surface area (Å²) in [5, 5.41) is 9.35. The first-order chi connectivity index (χ1) is 12.2. The second-order valence-corrected chi connectivity index (χ2v) is 5.73. The molecule has 0 heterocycles. The molecule has 0 aliphatic carbocycles. The first kappa shape index (κ1) is 24.5. The standard InChI is InChI=1S/C19H32N4O2.HI/c1-4-6-7-8-13-22-19(20-5-2)23-15-14-21-18(24)16-9-11-17(25-3)12-10-16;/h9-12H,4-8,13-15H2,1-3H3,(H,21,24)(H2,20,22,23);1H. The first-order valence-corrected chi connectivity index (χ1v) is 9.15. The topological polar surface area (TPSA) is 74.8 Å². The van der Waals surface area contributed by atoms with E-state index in [4.69, 9.17) is 4.74 Å². The van der Waals surface area contributed by atoms with Gasteiger partial charge in [0, 0.05) is 31.7 Å². The molecule has 0 unspecified atom stereocenters. The lowest BCUT2D eigenvalue weighted by molar-refractivity contribution is 0.0954. The molecule has 3 N–H and O–H groups in total. The molecule has 7 heteroatoms. The van der Waals surface area contributed by atoms with Crippen molar-refractivity contribution in [2.24, 2.45) is 4.99 Å². The fraction of sp³-hybridized carbons (Fsp3) is 0.579. The van der Waals surface area contributed by atoms with E-state index >= 15 is 0 Å². The zero-order chi connectivity index (χ0) is 18.3. The predicted molar refractivity (Wildman–Crippen MR) is 119 cm³/mol. The molecule has 0 aromatic heterocycles. The van der Waals surface area contributed by atoms with E-state index in [2.05, 4.69) is 27.9 Å². The zero-order valence-electron chi connectivity index (χ0n) is 16.1. The van der Waals surface area contributed by atoms with Crippen molar-refractivity contribution in [3.05, 3.63) is 29.8 Å². The smallest absolute Gasteiger partial charge is 0.251 e. The maximum absolute atomic E-state index is 12.1. The van der Waals surface area contributed by atoms with Crippen molar-refractivity contribution in [3.8, 4) is 5.75 Å². The molecule has 1 rings (SSSR count). The summed E-state index contributed by atoms with van der Waals surface area (Å²) in [6, 6.07) is 7.07. The summed E-state index contributed by atoms with van der Waals surface area (Å²) in [4.78, 5) is 16.6. The van der Waals surface area contributed by atoms with Gasteiger partial charge >= 0.3 is 0 Å². The largest absolute Gasteiger partial charge is 0.497 e. The van der Waals surface area contributed by atoms with E-state index in [9.17, 15) is 4.79 Å². The molecule has 0 atom stereocenters. The number of amides is 1. The van der Waals surface area contributed by atoms with Gasteiger partial charge in [-0.15, -0.1) is 24.0 Å². The average molecular weight is 476 g/mol. The third kappa shape index (κ3) is 10.5. The van der Waals surface area contributed by atoms with Gasteiger partial charge in [0.05, 0.1) is 7.11 Å². The van der Waals surface area contributed by atoms with Gasteiger partial charge in [0.15, 0.2) is 5.96 Å². The molecule has 26 heavy (non-hydrogen) atoms. The number of hydrogen-bond donors (Lipinski definition) is 3. The summed E-state index contributed by atoms with van der Waals surface area (Å²) in [6.07, 6.45) is 4.82. The average Bonchev–Trinajstić information content (AvgIpc) is 2.64. The van der Waals surface area contributed by atoms with Crippen molar-refractivity contribution < 1.29 is 9.53 Å². The van der Waals surface area contributed by atoms with E-state index in [1.54, 1.807) is 31.4 Å². The number of carbonyl (C=O) groups is 1. The Labute approximate surface area is 174 Å². The second kappa shape index (κ2) is 15.7. The number of ether oxygens (including phenoxy) is 1. The van der Waals surface area contributed by atoms with Crippen molar-refractivity contribution in [3.63, 3.8) is 0 Å². The van der Waals surface area contributed by atoms with Gasteiger partial charge in [0.2, 0.25) is 0 Å². The Balaban J connectivity index is 0.00000625. The molecule has 0 saturated carbocycles. The van der Waals surface area contributed by atoms with Gasteiger partial charge in [-0.3, -0.25) is 9.79 Å². The molecule has 0 aliphatic heterocycles. The van der Waals surface area contributed by atoms with E-state index in [-0.39, 0.29) is 29.9 Å². The van der Waals surface area contributed by atoms with Gasteiger partial charge < -0.3 is 20.7 Å². The van der Waals surface area contributed by atoms with Crippen LogP contribution < -0.4 is 20.7 Å².